The summed E-state index contributed by atoms with van der Waals surface area (Å²) in [5.74, 6) is 0.415. The smallest absolute Gasteiger partial charge is 0.246 e. The van der Waals surface area contributed by atoms with Crippen LogP contribution in [-0.4, -0.2) is 40.8 Å². The zero-order valence-electron chi connectivity index (χ0n) is 12.8. The third-order valence-electron chi connectivity index (χ3n) is 3.82. The van der Waals surface area contributed by atoms with Crippen molar-refractivity contribution < 1.29 is 9.53 Å². The standard InChI is InChI=1S/C16H19BrN4O2/c1-11-14(18-7-9-23-11)15(22)20-16-19-6-8-21(16)10-12-2-4-13(17)5-3-12/h2-6,8,11,14,18H,7,9-10H2,1H3,(H,19,20,22)/t11-,14+/m1/s1. The molecule has 0 radical (unpaired) electrons. The van der Waals surface area contributed by atoms with E-state index in [1.807, 2.05) is 42.0 Å². The first-order valence-corrected chi connectivity index (χ1v) is 8.34. The number of nitrogens with one attached hydrogen (secondary N) is 2. The van der Waals surface area contributed by atoms with E-state index < -0.39 is 0 Å². The summed E-state index contributed by atoms with van der Waals surface area (Å²) in [6, 6.07) is 7.70. The highest BCUT2D eigenvalue weighted by molar-refractivity contribution is 9.10. The van der Waals surface area contributed by atoms with Crippen LogP contribution < -0.4 is 10.6 Å². The highest BCUT2D eigenvalue weighted by atomic mass is 79.9. The van der Waals surface area contributed by atoms with E-state index in [1.165, 1.54) is 0 Å². The molecule has 1 aliphatic rings. The lowest BCUT2D eigenvalue weighted by molar-refractivity contribution is -0.123. The fraction of sp³-hybridized carbons (Fsp3) is 0.375. The van der Waals surface area contributed by atoms with Gasteiger partial charge in [0, 0.05) is 23.4 Å². The molecule has 3 rings (SSSR count). The van der Waals surface area contributed by atoms with E-state index in [2.05, 4.69) is 31.5 Å². The summed E-state index contributed by atoms with van der Waals surface area (Å²) < 4.78 is 8.46. The minimum Gasteiger partial charge on any atom is -0.375 e. The predicted octanol–water partition coefficient (Wildman–Crippen LogP) is 2.01. The van der Waals surface area contributed by atoms with Crippen molar-refractivity contribution in [3.8, 4) is 0 Å². The van der Waals surface area contributed by atoms with Crippen molar-refractivity contribution in [3.63, 3.8) is 0 Å². The zero-order valence-corrected chi connectivity index (χ0v) is 14.4. The number of imidazole rings is 1. The zero-order chi connectivity index (χ0) is 16.2. The molecule has 1 aromatic heterocycles. The van der Waals surface area contributed by atoms with Gasteiger partial charge in [0.05, 0.1) is 19.3 Å². The van der Waals surface area contributed by atoms with Gasteiger partial charge in [-0.05, 0) is 24.6 Å². The molecule has 6 nitrogen and oxygen atoms in total. The molecule has 2 atom stereocenters. The fourth-order valence-corrected chi connectivity index (χ4v) is 2.83. The lowest BCUT2D eigenvalue weighted by Crippen LogP contribution is -2.53. The molecule has 1 aliphatic heterocycles. The molecule has 2 heterocycles. The molecule has 0 spiro atoms. The Balaban J connectivity index is 1.68. The van der Waals surface area contributed by atoms with Gasteiger partial charge in [0.15, 0.2) is 0 Å². The topological polar surface area (TPSA) is 68.2 Å². The number of anilines is 1. The predicted molar refractivity (Wildman–Crippen MR) is 91.3 cm³/mol. The number of amides is 1. The van der Waals surface area contributed by atoms with Crippen LogP contribution in [-0.2, 0) is 16.1 Å². The minimum atomic E-state index is -0.360. The van der Waals surface area contributed by atoms with E-state index in [4.69, 9.17) is 4.74 Å². The number of hydrogen-bond donors (Lipinski definition) is 2. The summed E-state index contributed by atoms with van der Waals surface area (Å²) >= 11 is 3.43. The normalized spacial score (nSPS) is 21.1. The van der Waals surface area contributed by atoms with Crippen LogP contribution in [0.5, 0.6) is 0 Å². The monoisotopic (exact) mass is 378 g/mol. The van der Waals surface area contributed by atoms with E-state index in [9.17, 15) is 4.79 Å². The van der Waals surface area contributed by atoms with Crippen molar-refractivity contribution in [1.29, 1.82) is 0 Å². The molecule has 2 N–H and O–H groups in total. The van der Waals surface area contributed by atoms with Gasteiger partial charge >= 0.3 is 0 Å². The van der Waals surface area contributed by atoms with E-state index >= 15 is 0 Å². The van der Waals surface area contributed by atoms with Gasteiger partial charge in [-0.25, -0.2) is 4.98 Å². The van der Waals surface area contributed by atoms with Gasteiger partial charge in [0.25, 0.3) is 0 Å². The Morgan fingerprint density at radius 3 is 3.00 bits per heavy atom. The molecule has 1 fully saturated rings. The second kappa shape index (κ2) is 7.25. The molecule has 0 bridgehead atoms. The number of morpholine rings is 1. The van der Waals surface area contributed by atoms with Crippen LogP contribution in [0, 0.1) is 0 Å². The Morgan fingerprint density at radius 2 is 2.26 bits per heavy atom. The third-order valence-corrected chi connectivity index (χ3v) is 4.34. The number of halogens is 1. The van der Waals surface area contributed by atoms with Crippen molar-refractivity contribution in [2.75, 3.05) is 18.5 Å². The lowest BCUT2D eigenvalue weighted by Gasteiger charge is -2.29. The quantitative estimate of drug-likeness (QED) is 0.853. The Morgan fingerprint density at radius 1 is 1.48 bits per heavy atom. The van der Waals surface area contributed by atoms with Crippen molar-refractivity contribution in [2.45, 2.75) is 25.6 Å². The molecular formula is C16H19BrN4O2. The molecule has 0 saturated carbocycles. The van der Waals surface area contributed by atoms with Gasteiger partial charge in [-0.2, -0.15) is 0 Å². The molecule has 1 saturated heterocycles. The Hall–Kier alpha value is -1.70. The number of carbonyl (C=O) groups excluding carboxylic acids is 1. The molecule has 1 aromatic carbocycles. The first kappa shape index (κ1) is 16.2. The van der Waals surface area contributed by atoms with Crippen LogP contribution in [0.1, 0.15) is 12.5 Å². The van der Waals surface area contributed by atoms with E-state index in [-0.39, 0.29) is 18.1 Å². The van der Waals surface area contributed by atoms with Crippen LogP contribution in [0.2, 0.25) is 0 Å². The largest absolute Gasteiger partial charge is 0.375 e. The van der Waals surface area contributed by atoms with Crippen LogP contribution in [0.4, 0.5) is 5.95 Å². The van der Waals surface area contributed by atoms with Gasteiger partial charge < -0.3 is 14.6 Å². The molecule has 0 unspecified atom stereocenters. The number of ether oxygens (including phenoxy) is 1. The summed E-state index contributed by atoms with van der Waals surface area (Å²) in [6.07, 6.45) is 3.38. The highest BCUT2D eigenvalue weighted by Crippen LogP contribution is 2.14. The van der Waals surface area contributed by atoms with E-state index in [0.717, 1.165) is 10.0 Å². The second-order valence-electron chi connectivity index (χ2n) is 5.50. The molecule has 23 heavy (non-hydrogen) atoms. The molecule has 2 aromatic rings. The molecule has 122 valence electrons. The van der Waals surface area contributed by atoms with Crippen molar-refractivity contribution in [2.24, 2.45) is 0 Å². The van der Waals surface area contributed by atoms with Crippen LogP contribution in [0.25, 0.3) is 0 Å². The summed E-state index contributed by atoms with van der Waals surface area (Å²) in [7, 11) is 0. The number of carbonyl (C=O) groups is 1. The first-order valence-electron chi connectivity index (χ1n) is 7.55. The maximum atomic E-state index is 12.4. The number of rotatable bonds is 4. The number of nitrogens with zero attached hydrogens (tertiary/aromatic N) is 2. The number of benzene rings is 1. The second-order valence-corrected chi connectivity index (χ2v) is 6.42. The maximum absolute atomic E-state index is 12.4. The van der Waals surface area contributed by atoms with Gasteiger partial charge in [0.2, 0.25) is 11.9 Å². The van der Waals surface area contributed by atoms with E-state index in [0.29, 0.717) is 25.6 Å². The summed E-state index contributed by atoms with van der Waals surface area (Å²) in [5, 5.41) is 6.06. The van der Waals surface area contributed by atoms with Gasteiger partial charge in [-0.1, -0.05) is 28.1 Å². The Bertz CT molecular complexity index is 671. The van der Waals surface area contributed by atoms with Crippen molar-refractivity contribution >= 4 is 27.8 Å². The van der Waals surface area contributed by atoms with Crippen LogP contribution in [0.3, 0.4) is 0 Å². The van der Waals surface area contributed by atoms with Gasteiger partial charge in [-0.3, -0.25) is 10.1 Å². The van der Waals surface area contributed by atoms with Crippen LogP contribution in [0.15, 0.2) is 41.1 Å². The summed E-state index contributed by atoms with van der Waals surface area (Å²) in [5.41, 5.74) is 1.13. The summed E-state index contributed by atoms with van der Waals surface area (Å²) in [4.78, 5) is 16.7. The van der Waals surface area contributed by atoms with Crippen molar-refractivity contribution in [3.05, 3.63) is 46.7 Å². The molecule has 1 amide bonds. The van der Waals surface area contributed by atoms with Crippen molar-refractivity contribution in [1.82, 2.24) is 14.9 Å². The molecule has 7 heteroatoms. The van der Waals surface area contributed by atoms with Gasteiger partial charge in [-0.15, -0.1) is 0 Å². The fourth-order valence-electron chi connectivity index (χ4n) is 2.56. The van der Waals surface area contributed by atoms with Gasteiger partial charge in [0.1, 0.15) is 6.04 Å². The molecular weight excluding hydrogens is 360 g/mol. The minimum absolute atomic E-state index is 0.125. The molecule has 0 aliphatic carbocycles. The number of aromatic nitrogens is 2. The Labute approximate surface area is 143 Å². The van der Waals surface area contributed by atoms with Crippen LogP contribution >= 0.6 is 15.9 Å². The third kappa shape index (κ3) is 3.99. The summed E-state index contributed by atoms with van der Waals surface area (Å²) in [6.45, 7) is 3.84. The number of hydrogen-bond acceptors (Lipinski definition) is 4. The SMILES string of the molecule is C[C@H]1OCCN[C@@H]1C(=O)Nc1nccn1Cc1ccc(Br)cc1. The highest BCUT2D eigenvalue weighted by Gasteiger charge is 2.28. The average Bonchev–Trinajstić information content (AvgIpc) is 2.97. The van der Waals surface area contributed by atoms with E-state index in [1.54, 1.807) is 6.20 Å². The first-order chi connectivity index (χ1) is 11.1. The lowest BCUT2D eigenvalue weighted by atomic mass is 10.1. The Kier molecular flexibility index (Phi) is 5.09. The maximum Gasteiger partial charge on any atom is 0.246 e. The average molecular weight is 379 g/mol.